The van der Waals surface area contributed by atoms with Crippen LogP contribution >= 0.6 is 0 Å². The minimum Gasteiger partial charge on any atom is -0.481 e. The maximum atomic E-state index is 11.3. The van der Waals surface area contributed by atoms with Crippen LogP contribution in [0, 0.1) is 5.92 Å². The first kappa shape index (κ1) is 14.7. The van der Waals surface area contributed by atoms with Gasteiger partial charge in [-0.1, -0.05) is 18.2 Å². The highest BCUT2D eigenvalue weighted by Gasteiger charge is 2.26. The highest BCUT2D eigenvalue weighted by Crippen LogP contribution is 2.29. The summed E-state index contributed by atoms with van der Waals surface area (Å²) in [6.45, 7) is 1.34. The van der Waals surface area contributed by atoms with E-state index in [1.165, 1.54) is 0 Å². The van der Waals surface area contributed by atoms with Crippen LogP contribution in [0.5, 0.6) is 0 Å². The van der Waals surface area contributed by atoms with Gasteiger partial charge in [0.05, 0.1) is 11.4 Å². The van der Waals surface area contributed by atoms with Crippen molar-refractivity contribution in [3.8, 4) is 11.3 Å². The molecule has 1 atom stereocenters. The number of carbonyl (C=O) groups is 1. The fourth-order valence-electron chi connectivity index (χ4n) is 3.31. The Morgan fingerprint density at radius 3 is 3.04 bits per heavy atom. The molecule has 1 aliphatic rings. The van der Waals surface area contributed by atoms with Crippen LogP contribution in [0.4, 0.5) is 5.82 Å². The minimum absolute atomic E-state index is 0.324. The predicted molar refractivity (Wildman–Crippen MR) is 91.9 cm³/mol. The highest BCUT2D eigenvalue weighted by atomic mass is 16.4. The Labute approximate surface area is 139 Å². The van der Waals surface area contributed by atoms with Gasteiger partial charge in [0.15, 0.2) is 0 Å². The van der Waals surface area contributed by atoms with E-state index in [1.54, 1.807) is 6.20 Å². The Balaban J connectivity index is 1.68. The monoisotopic (exact) mass is 322 g/mol. The molecule has 24 heavy (non-hydrogen) atoms. The zero-order valence-corrected chi connectivity index (χ0v) is 13.1. The summed E-state index contributed by atoms with van der Waals surface area (Å²) < 4.78 is 0. The highest BCUT2D eigenvalue weighted by molar-refractivity contribution is 5.93. The van der Waals surface area contributed by atoms with Crippen LogP contribution < -0.4 is 4.90 Å². The molecule has 0 spiro atoms. The number of para-hydroxylation sites is 1. The standard InChI is InChI=1S/C18H18N4O2/c23-18(24)13-4-3-9-22(11-13)16-10-12(7-8-19-16)17-14-5-1-2-6-15(14)20-21-17/h1-2,5-8,10,13H,3-4,9,11H2,(H,20,21)(H,23,24). The third-order valence-electron chi connectivity index (χ3n) is 4.58. The molecule has 3 aromatic rings. The van der Waals surface area contributed by atoms with E-state index in [4.69, 9.17) is 0 Å². The molecule has 1 unspecified atom stereocenters. The van der Waals surface area contributed by atoms with Crippen LogP contribution in [0.25, 0.3) is 22.2 Å². The molecule has 1 aliphatic heterocycles. The quantitative estimate of drug-likeness (QED) is 0.775. The number of nitrogens with zero attached hydrogens (tertiary/aromatic N) is 3. The van der Waals surface area contributed by atoms with Gasteiger partial charge in [0, 0.05) is 30.2 Å². The molecular formula is C18H18N4O2. The number of H-pyrrole nitrogens is 1. The molecule has 6 heteroatoms. The molecule has 1 fully saturated rings. The molecule has 1 saturated heterocycles. The summed E-state index contributed by atoms with van der Waals surface area (Å²) in [5.74, 6) is -0.241. The topological polar surface area (TPSA) is 82.1 Å². The maximum absolute atomic E-state index is 11.3. The third-order valence-corrected chi connectivity index (χ3v) is 4.58. The smallest absolute Gasteiger partial charge is 0.308 e. The number of carboxylic acids is 1. The molecule has 0 amide bonds. The first-order chi connectivity index (χ1) is 11.7. The zero-order chi connectivity index (χ0) is 16.5. The second kappa shape index (κ2) is 5.96. The first-order valence-electron chi connectivity index (χ1n) is 8.09. The van der Waals surface area contributed by atoms with Gasteiger partial charge in [0.25, 0.3) is 0 Å². The van der Waals surface area contributed by atoms with Crippen molar-refractivity contribution in [1.82, 2.24) is 15.2 Å². The number of rotatable bonds is 3. The summed E-state index contributed by atoms with van der Waals surface area (Å²) in [7, 11) is 0. The van der Waals surface area contributed by atoms with Gasteiger partial charge < -0.3 is 10.0 Å². The van der Waals surface area contributed by atoms with Crippen molar-refractivity contribution >= 4 is 22.7 Å². The van der Waals surface area contributed by atoms with Gasteiger partial charge in [0.2, 0.25) is 0 Å². The second-order valence-electron chi connectivity index (χ2n) is 6.14. The van der Waals surface area contributed by atoms with Gasteiger partial charge in [-0.2, -0.15) is 5.10 Å². The lowest BCUT2D eigenvalue weighted by atomic mass is 9.98. The number of carboxylic acid groups (broad SMARTS) is 1. The van der Waals surface area contributed by atoms with E-state index in [0.717, 1.165) is 47.4 Å². The number of aromatic nitrogens is 3. The van der Waals surface area contributed by atoms with Crippen molar-refractivity contribution in [1.29, 1.82) is 0 Å². The Morgan fingerprint density at radius 2 is 2.17 bits per heavy atom. The predicted octanol–water partition coefficient (Wildman–Crippen LogP) is 2.93. The number of anilines is 1. The molecule has 1 aromatic carbocycles. The number of fused-ring (bicyclic) bond motifs is 1. The summed E-state index contributed by atoms with van der Waals surface area (Å²) in [6, 6.07) is 11.9. The average Bonchev–Trinajstić information content (AvgIpc) is 3.06. The fourth-order valence-corrected chi connectivity index (χ4v) is 3.31. The van der Waals surface area contributed by atoms with Crippen LogP contribution in [-0.4, -0.2) is 39.3 Å². The molecule has 2 aromatic heterocycles. The van der Waals surface area contributed by atoms with Crippen LogP contribution in [0.2, 0.25) is 0 Å². The van der Waals surface area contributed by atoms with E-state index in [2.05, 4.69) is 20.1 Å². The van der Waals surface area contributed by atoms with Crippen molar-refractivity contribution in [3.05, 3.63) is 42.6 Å². The molecule has 3 heterocycles. The number of piperidine rings is 1. The van der Waals surface area contributed by atoms with Crippen LogP contribution in [-0.2, 0) is 4.79 Å². The first-order valence-corrected chi connectivity index (χ1v) is 8.09. The molecule has 122 valence electrons. The minimum atomic E-state index is -0.728. The summed E-state index contributed by atoms with van der Waals surface area (Å²) in [6.07, 6.45) is 3.36. The van der Waals surface area contributed by atoms with E-state index in [1.807, 2.05) is 36.4 Å². The van der Waals surface area contributed by atoms with Gasteiger partial charge in [-0.3, -0.25) is 9.89 Å². The molecule has 0 saturated carbocycles. The molecule has 0 bridgehead atoms. The number of hydrogen-bond donors (Lipinski definition) is 2. The molecule has 0 radical (unpaired) electrons. The van der Waals surface area contributed by atoms with E-state index in [0.29, 0.717) is 6.54 Å². The van der Waals surface area contributed by atoms with Crippen LogP contribution in [0.3, 0.4) is 0 Å². The number of benzene rings is 1. The van der Waals surface area contributed by atoms with Crippen molar-refractivity contribution in [3.63, 3.8) is 0 Å². The normalized spacial score (nSPS) is 18.0. The lowest BCUT2D eigenvalue weighted by Gasteiger charge is -2.31. The van der Waals surface area contributed by atoms with Crippen molar-refractivity contribution in [2.75, 3.05) is 18.0 Å². The number of aliphatic carboxylic acids is 1. The van der Waals surface area contributed by atoms with Gasteiger partial charge in [0.1, 0.15) is 11.5 Å². The van der Waals surface area contributed by atoms with E-state index >= 15 is 0 Å². The Morgan fingerprint density at radius 1 is 1.29 bits per heavy atom. The molecule has 6 nitrogen and oxygen atoms in total. The van der Waals surface area contributed by atoms with Crippen molar-refractivity contribution in [2.45, 2.75) is 12.8 Å². The second-order valence-corrected chi connectivity index (χ2v) is 6.14. The van der Waals surface area contributed by atoms with E-state index in [9.17, 15) is 9.90 Å². The molecule has 0 aliphatic carbocycles. The Bertz CT molecular complexity index is 889. The molecule has 4 rings (SSSR count). The number of aromatic amines is 1. The Kier molecular flexibility index (Phi) is 3.65. The van der Waals surface area contributed by atoms with Gasteiger partial charge in [-0.15, -0.1) is 0 Å². The summed E-state index contributed by atoms with van der Waals surface area (Å²) >= 11 is 0. The van der Waals surface area contributed by atoms with E-state index < -0.39 is 5.97 Å². The number of pyridine rings is 1. The third kappa shape index (κ3) is 2.60. The van der Waals surface area contributed by atoms with Gasteiger partial charge in [-0.05, 0) is 31.0 Å². The maximum Gasteiger partial charge on any atom is 0.308 e. The van der Waals surface area contributed by atoms with Crippen LogP contribution in [0.15, 0.2) is 42.6 Å². The largest absolute Gasteiger partial charge is 0.481 e. The molecule has 2 N–H and O–H groups in total. The van der Waals surface area contributed by atoms with E-state index in [-0.39, 0.29) is 5.92 Å². The van der Waals surface area contributed by atoms with Crippen molar-refractivity contribution in [2.24, 2.45) is 5.92 Å². The van der Waals surface area contributed by atoms with Crippen LogP contribution in [0.1, 0.15) is 12.8 Å². The lowest BCUT2D eigenvalue weighted by molar-refractivity contribution is -0.141. The summed E-state index contributed by atoms with van der Waals surface area (Å²) in [4.78, 5) is 17.8. The SMILES string of the molecule is O=C(O)C1CCCN(c2cc(-c3n[nH]c4ccccc34)ccn2)C1. The average molecular weight is 322 g/mol. The molecular weight excluding hydrogens is 304 g/mol. The Hall–Kier alpha value is -2.89. The van der Waals surface area contributed by atoms with Gasteiger partial charge in [-0.25, -0.2) is 4.98 Å². The summed E-state index contributed by atoms with van der Waals surface area (Å²) in [5.41, 5.74) is 2.87. The van der Waals surface area contributed by atoms with Gasteiger partial charge >= 0.3 is 5.97 Å². The summed E-state index contributed by atoms with van der Waals surface area (Å²) in [5, 5.41) is 17.8. The number of hydrogen-bond acceptors (Lipinski definition) is 4. The number of nitrogens with one attached hydrogen (secondary N) is 1. The lowest BCUT2D eigenvalue weighted by Crippen LogP contribution is -2.39. The zero-order valence-electron chi connectivity index (χ0n) is 13.1. The fraction of sp³-hybridized carbons (Fsp3) is 0.278. The van der Waals surface area contributed by atoms with Crippen molar-refractivity contribution < 1.29 is 9.90 Å².